The zero-order chi connectivity index (χ0) is 13.6. The summed E-state index contributed by atoms with van der Waals surface area (Å²) in [6, 6.07) is 0. The Balaban J connectivity index is 4.09. The summed E-state index contributed by atoms with van der Waals surface area (Å²) >= 11 is 0. The van der Waals surface area contributed by atoms with Gasteiger partial charge < -0.3 is 0 Å². The van der Waals surface area contributed by atoms with Crippen molar-refractivity contribution < 1.29 is 0 Å². The normalized spacial score (nSPS) is 12.2. The number of hydrogen-bond acceptors (Lipinski definition) is 0. The van der Waals surface area contributed by atoms with E-state index in [9.17, 15) is 0 Å². The molecule has 0 heteroatoms. The molecule has 0 aliphatic heterocycles. The van der Waals surface area contributed by atoms with Gasteiger partial charge in [0.1, 0.15) is 0 Å². The molecule has 0 aromatic carbocycles. The van der Waals surface area contributed by atoms with E-state index in [0.717, 1.165) is 32.1 Å². The van der Waals surface area contributed by atoms with Crippen LogP contribution in [-0.2, 0) is 0 Å². The average molecular weight is 242 g/mol. The van der Waals surface area contributed by atoms with Crippen molar-refractivity contribution in [3.8, 4) is 0 Å². The van der Waals surface area contributed by atoms with Gasteiger partial charge in [0.2, 0.25) is 0 Å². The summed E-state index contributed by atoms with van der Waals surface area (Å²) in [5.41, 5.74) is 2.59. The molecule has 0 atom stereocenters. The summed E-state index contributed by atoms with van der Waals surface area (Å²) in [5, 5.41) is 0. The molecule has 0 saturated heterocycles. The quantitative estimate of drug-likeness (QED) is 0.329. The fraction of sp³-hybridized carbons (Fsp3) is 0.333. The minimum Gasteiger partial charge on any atom is -0.103 e. The lowest BCUT2D eigenvalue weighted by molar-refractivity contribution is 0.946. The first-order valence-corrected chi connectivity index (χ1v) is 6.61. The monoisotopic (exact) mass is 242 g/mol. The Labute approximate surface area is 113 Å². The van der Waals surface area contributed by atoms with E-state index in [1.807, 2.05) is 19.1 Å². The van der Waals surface area contributed by atoms with Crippen LogP contribution in [0.1, 0.15) is 39.0 Å². The molecule has 0 fully saturated rings. The number of rotatable bonds is 10. The minimum atomic E-state index is 0.923. The van der Waals surface area contributed by atoms with E-state index >= 15 is 0 Å². The zero-order valence-corrected chi connectivity index (χ0v) is 11.7. The van der Waals surface area contributed by atoms with Crippen LogP contribution in [0.4, 0.5) is 0 Å². The Morgan fingerprint density at radius 3 is 2.44 bits per heavy atom. The van der Waals surface area contributed by atoms with Crippen LogP contribution >= 0.6 is 0 Å². The molecule has 0 amide bonds. The SMILES string of the molecule is C=CCCC(/C=C\C)=C/C=C/CCC(=C)CC=C. The molecule has 18 heavy (non-hydrogen) atoms. The van der Waals surface area contributed by atoms with Crippen LogP contribution in [0.5, 0.6) is 0 Å². The van der Waals surface area contributed by atoms with Gasteiger partial charge >= 0.3 is 0 Å². The molecule has 0 heterocycles. The third-order valence-corrected chi connectivity index (χ3v) is 2.56. The maximum absolute atomic E-state index is 4.00. The maximum atomic E-state index is 4.00. The third kappa shape index (κ3) is 9.65. The van der Waals surface area contributed by atoms with Crippen molar-refractivity contribution >= 4 is 0 Å². The first kappa shape index (κ1) is 16.4. The third-order valence-electron chi connectivity index (χ3n) is 2.56. The number of hydrogen-bond donors (Lipinski definition) is 0. The van der Waals surface area contributed by atoms with Crippen molar-refractivity contribution in [2.75, 3.05) is 0 Å². The first-order chi connectivity index (χ1) is 8.74. The summed E-state index contributed by atoms with van der Waals surface area (Å²) in [6.07, 6.45) is 19.7. The Morgan fingerprint density at radius 2 is 1.83 bits per heavy atom. The lowest BCUT2D eigenvalue weighted by Crippen LogP contribution is -1.78. The van der Waals surface area contributed by atoms with Gasteiger partial charge in [-0.1, -0.05) is 54.7 Å². The zero-order valence-electron chi connectivity index (χ0n) is 11.7. The van der Waals surface area contributed by atoms with Crippen molar-refractivity contribution in [2.45, 2.75) is 39.0 Å². The van der Waals surface area contributed by atoms with E-state index in [1.54, 1.807) is 0 Å². The van der Waals surface area contributed by atoms with Crippen LogP contribution in [0.25, 0.3) is 0 Å². The van der Waals surface area contributed by atoms with Crippen LogP contribution in [0.3, 0.4) is 0 Å². The molecule has 0 aliphatic carbocycles. The summed E-state index contributed by atoms with van der Waals surface area (Å²) in [4.78, 5) is 0. The molecule has 0 aromatic rings. The highest BCUT2D eigenvalue weighted by molar-refractivity contribution is 5.23. The van der Waals surface area contributed by atoms with Crippen LogP contribution in [0.15, 0.2) is 73.4 Å². The molecule has 0 nitrogen and oxygen atoms in total. The van der Waals surface area contributed by atoms with Gasteiger partial charge in [-0.15, -0.1) is 13.2 Å². The van der Waals surface area contributed by atoms with E-state index in [2.05, 4.69) is 50.1 Å². The predicted octanol–water partition coefficient (Wildman–Crippen LogP) is 5.92. The number of allylic oxidation sites excluding steroid dienone is 9. The molecule has 98 valence electrons. The van der Waals surface area contributed by atoms with E-state index in [4.69, 9.17) is 0 Å². The molecule has 0 saturated carbocycles. The second-order valence-electron chi connectivity index (χ2n) is 4.28. The van der Waals surface area contributed by atoms with Crippen LogP contribution in [0.2, 0.25) is 0 Å². The van der Waals surface area contributed by atoms with Gasteiger partial charge in [0.15, 0.2) is 0 Å². The standard InChI is InChI=1S/C18H26/c1-5-8-15-18(13-7-3)16-11-9-10-14-17(4)12-6-2/h5-7,9,11,13,16H,1-2,4,8,10,12,14-15H2,3H3/b11-9+,13-7-,18-16+. The van der Waals surface area contributed by atoms with Crippen LogP contribution in [0, 0.1) is 0 Å². The van der Waals surface area contributed by atoms with Crippen molar-refractivity contribution in [2.24, 2.45) is 0 Å². The molecular formula is C18H26. The molecule has 0 aliphatic rings. The Bertz CT molecular complexity index is 337. The van der Waals surface area contributed by atoms with Crippen molar-refractivity contribution in [1.82, 2.24) is 0 Å². The molecule has 0 rings (SSSR count). The van der Waals surface area contributed by atoms with E-state index in [0.29, 0.717) is 0 Å². The molecule has 0 spiro atoms. The highest BCUT2D eigenvalue weighted by Crippen LogP contribution is 2.10. The average Bonchev–Trinajstić information content (AvgIpc) is 2.35. The summed E-state index contributed by atoms with van der Waals surface area (Å²) in [7, 11) is 0. The van der Waals surface area contributed by atoms with Crippen LogP contribution < -0.4 is 0 Å². The fourth-order valence-electron chi connectivity index (χ4n) is 1.59. The molecule has 0 radical (unpaired) electrons. The Hall–Kier alpha value is -1.56. The smallest absolute Gasteiger partial charge is 0.0144 e. The molecular weight excluding hydrogens is 216 g/mol. The second kappa shape index (κ2) is 11.9. The highest BCUT2D eigenvalue weighted by Gasteiger charge is 1.90. The van der Waals surface area contributed by atoms with E-state index in [-0.39, 0.29) is 0 Å². The molecule has 0 N–H and O–H groups in total. The van der Waals surface area contributed by atoms with Crippen molar-refractivity contribution in [3.63, 3.8) is 0 Å². The first-order valence-electron chi connectivity index (χ1n) is 6.61. The van der Waals surface area contributed by atoms with Gasteiger partial charge in [0.25, 0.3) is 0 Å². The van der Waals surface area contributed by atoms with Gasteiger partial charge in [-0.3, -0.25) is 0 Å². The predicted molar refractivity (Wildman–Crippen MR) is 84.7 cm³/mol. The van der Waals surface area contributed by atoms with Crippen molar-refractivity contribution in [1.29, 1.82) is 0 Å². The van der Waals surface area contributed by atoms with Gasteiger partial charge in [0, 0.05) is 0 Å². The topological polar surface area (TPSA) is 0 Å². The van der Waals surface area contributed by atoms with Gasteiger partial charge in [-0.25, -0.2) is 0 Å². The van der Waals surface area contributed by atoms with Gasteiger partial charge in [-0.2, -0.15) is 0 Å². The maximum Gasteiger partial charge on any atom is -0.0144 e. The largest absolute Gasteiger partial charge is 0.103 e. The molecule has 0 aromatic heterocycles. The highest BCUT2D eigenvalue weighted by atomic mass is 14.0. The fourth-order valence-corrected chi connectivity index (χ4v) is 1.59. The summed E-state index contributed by atoms with van der Waals surface area (Å²) < 4.78 is 0. The minimum absolute atomic E-state index is 0.923. The lowest BCUT2D eigenvalue weighted by Gasteiger charge is -1.99. The summed E-state index contributed by atoms with van der Waals surface area (Å²) in [6.45, 7) is 13.5. The Morgan fingerprint density at radius 1 is 1.06 bits per heavy atom. The lowest BCUT2D eigenvalue weighted by atomic mass is 10.1. The van der Waals surface area contributed by atoms with E-state index in [1.165, 1.54) is 11.1 Å². The van der Waals surface area contributed by atoms with Gasteiger partial charge in [-0.05, 0) is 44.6 Å². The molecule has 0 bridgehead atoms. The summed E-state index contributed by atoms with van der Waals surface area (Å²) in [5.74, 6) is 0. The van der Waals surface area contributed by atoms with Crippen molar-refractivity contribution in [3.05, 3.63) is 73.4 Å². The van der Waals surface area contributed by atoms with Crippen LogP contribution in [-0.4, -0.2) is 0 Å². The molecule has 0 unspecified atom stereocenters. The second-order valence-corrected chi connectivity index (χ2v) is 4.28. The van der Waals surface area contributed by atoms with E-state index < -0.39 is 0 Å². The van der Waals surface area contributed by atoms with Gasteiger partial charge in [0.05, 0.1) is 0 Å². The Kier molecular flexibility index (Phi) is 10.9.